The van der Waals surface area contributed by atoms with Crippen molar-refractivity contribution in [1.82, 2.24) is 4.98 Å². The molecule has 5 heteroatoms. The van der Waals surface area contributed by atoms with Gasteiger partial charge in [-0.15, -0.1) is 0 Å². The number of phenolic OH excluding ortho intramolecular Hbond substituents is 1. The van der Waals surface area contributed by atoms with Crippen molar-refractivity contribution in [3.05, 3.63) is 59.2 Å². The highest BCUT2D eigenvalue weighted by Gasteiger charge is 2.12. The molecule has 0 fully saturated rings. The molecule has 4 nitrogen and oxygen atoms in total. The molecule has 3 aromatic rings. The lowest BCUT2D eigenvalue weighted by molar-refractivity contribution is 0.473. The molecular weight excluding hydrogens is 322 g/mol. The maximum Gasteiger partial charge on any atom is 0.151 e. The van der Waals surface area contributed by atoms with Gasteiger partial charge in [0.1, 0.15) is 5.75 Å². The van der Waals surface area contributed by atoms with Gasteiger partial charge in [-0.3, -0.25) is 0 Å². The number of fused-ring (bicyclic) bond motifs is 1. The van der Waals surface area contributed by atoms with Gasteiger partial charge in [0.05, 0.1) is 17.0 Å². The van der Waals surface area contributed by atoms with Crippen LogP contribution in [0.5, 0.6) is 5.75 Å². The van der Waals surface area contributed by atoms with Gasteiger partial charge in [0.15, 0.2) is 9.84 Å². The fraction of sp³-hybridized carbons (Fsp3) is 0.211. The molecule has 0 aliphatic rings. The predicted octanol–water partition coefficient (Wildman–Crippen LogP) is 3.77. The summed E-state index contributed by atoms with van der Waals surface area (Å²) >= 11 is 0. The van der Waals surface area contributed by atoms with Gasteiger partial charge in [-0.1, -0.05) is 18.2 Å². The molecular formula is C19H19NO3S. The molecule has 1 aromatic heterocycles. The van der Waals surface area contributed by atoms with E-state index < -0.39 is 9.84 Å². The third-order valence-electron chi connectivity index (χ3n) is 4.02. The van der Waals surface area contributed by atoms with Gasteiger partial charge < -0.3 is 5.11 Å². The number of para-hydroxylation sites is 1. The van der Waals surface area contributed by atoms with Crippen LogP contribution in [0, 0.1) is 13.8 Å². The number of pyridine rings is 1. The molecule has 0 bridgehead atoms. The zero-order chi connectivity index (χ0) is 17.5. The van der Waals surface area contributed by atoms with Crippen molar-refractivity contribution in [2.45, 2.75) is 19.6 Å². The van der Waals surface area contributed by atoms with Gasteiger partial charge in [0.25, 0.3) is 0 Å². The molecule has 0 aliphatic heterocycles. The molecule has 0 amide bonds. The number of sulfone groups is 1. The maximum absolute atomic E-state index is 11.5. The summed E-state index contributed by atoms with van der Waals surface area (Å²) in [5.74, 6) is 0.250. The van der Waals surface area contributed by atoms with Crippen molar-refractivity contribution in [3.63, 3.8) is 0 Å². The van der Waals surface area contributed by atoms with Gasteiger partial charge in [-0.25, -0.2) is 13.4 Å². The van der Waals surface area contributed by atoms with Crippen molar-refractivity contribution in [2.75, 3.05) is 6.26 Å². The Hall–Kier alpha value is -2.40. The number of rotatable bonds is 3. The van der Waals surface area contributed by atoms with Crippen LogP contribution in [0.4, 0.5) is 0 Å². The highest BCUT2D eigenvalue weighted by Crippen LogP contribution is 2.33. The van der Waals surface area contributed by atoms with Crippen molar-refractivity contribution >= 4 is 20.7 Å². The SMILES string of the molecule is Cc1cccc(-c2cc(C)c3cc(CS(C)(=O)=O)ccc3n2)c1O. The Bertz CT molecular complexity index is 1040. The molecule has 2 aromatic carbocycles. The monoisotopic (exact) mass is 341 g/mol. The number of aromatic nitrogens is 1. The van der Waals surface area contributed by atoms with Crippen LogP contribution in [0.2, 0.25) is 0 Å². The summed E-state index contributed by atoms with van der Waals surface area (Å²) in [5.41, 5.74) is 4.73. The lowest BCUT2D eigenvalue weighted by Crippen LogP contribution is -2.01. The Morgan fingerprint density at radius 2 is 1.79 bits per heavy atom. The van der Waals surface area contributed by atoms with Crippen LogP contribution in [0.25, 0.3) is 22.2 Å². The number of nitrogens with zero attached hydrogens (tertiary/aromatic N) is 1. The van der Waals surface area contributed by atoms with Crippen LogP contribution < -0.4 is 0 Å². The third-order valence-corrected chi connectivity index (χ3v) is 4.88. The summed E-state index contributed by atoms with van der Waals surface area (Å²) in [4.78, 5) is 4.64. The van der Waals surface area contributed by atoms with Gasteiger partial charge >= 0.3 is 0 Å². The molecule has 1 N–H and O–H groups in total. The fourth-order valence-electron chi connectivity index (χ4n) is 2.84. The maximum atomic E-state index is 11.5. The Kier molecular flexibility index (Phi) is 4.05. The lowest BCUT2D eigenvalue weighted by Gasteiger charge is -2.11. The highest BCUT2D eigenvalue weighted by atomic mass is 32.2. The minimum atomic E-state index is -3.07. The number of phenols is 1. The quantitative estimate of drug-likeness (QED) is 0.787. The second-order valence-electron chi connectivity index (χ2n) is 6.22. The summed E-state index contributed by atoms with van der Waals surface area (Å²) in [7, 11) is -3.07. The Labute approximate surface area is 141 Å². The molecule has 0 unspecified atom stereocenters. The first-order chi connectivity index (χ1) is 11.2. The van der Waals surface area contributed by atoms with E-state index >= 15 is 0 Å². The van der Waals surface area contributed by atoms with Gasteiger partial charge in [-0.2, -0.15) is 0 Å². The number of aryl methyl sites for hydroxylation is 2. The lowest BCUT2D eigenvalue weighted by atomic mass is 10.0. The van der Waals surface area contributed by atoms with Crippen molar-refractivity contribution in [1.29, 1.82) is 0 Å². The molecule has 24 heavy (non-hydrogen) atoms. The Balaban J connectivity index is 2.15. The average molecular weight is 341 g/mol. The first kappa shape index (κ1) is 16.5. The number of hydrogen-bond donors (Lipinski definition) is 1. The Morgan fingerprint density at radius 1 is 1.04 bits per heavy atom. The van der Waals surface area contributed by atoms with E-state index in [-0.39, 0.29) is 11.5 Å². The molecule has 3 rings (SSSR count). The summed E-state index contributed by atoms with van der Waals surface area (Å²) in [6.45, 7) is 3.81. The fourth-order valence-corrected chi connectivity index (χ4v) is 3.62. The predicted molar refractivity (Wildman–Crippen MR) is 96.9 cm³/mol. The topological polar surface area (TPSA) is 67.3 Å². The van der Waals surface area contributed by atoms with Gasteiger partial charge in [0.2, 0.25) is 0 Å². The molecule has 0 spiro atoms. The van der Waals surface area contributed by atoms with E-state index in [2.05, 4.69) is 4.98 Å². The normalized spacial score (nSPS) is 11.8. The molecule has 0 saturated carbocycles. The van der Waals surface area contributed by atoms with Crippen LogP contribution in [0.3, 0.4) is 0 Å². The number of benzene rings is 2. The van der Waals surface area contributed by atoms with E-state index in [0.29, 0.717) is 11.3 Å². The van der Waals surface area contributed by atoms with E-state index in [1.807, 2.05) is 50.2 Å². The minimum absolute atomic E-state index is 0.0167. The van der Waals surface area contributed by atoms with Crippen molar-refractivity contribution < 1.29 is 13.5 Å². The Morgan fingerprint density at radius 3 is 2.50 bits per heavy atom. The average Bonchev–Trinajstić information content (AvgIpc) is 2.49. The van der Waals surface area contributed by atoms with Crippen molar-refractivity contribution in [2.24, 2.45) is 0 Å². The zero-order valence-electron chi connectivity index (χ0n) is 13.9. The second-order valence-corrected chi connectivity index (χ2v) is 8.36. The van der Waals surface area contributed by atoms with Crippen LogP contribution >= 0.6 is 0 Å². The molecule has 1 heterocycles. The molecule has 124 valence electrons. The molecule has 0 aliphatic carbocycles. The van der Waals surface area contributed by atoms with Gasteiger partial charge in [-0.05, 0) is 54.8 Å². The molecule has 0 saturated heterocycles. The molecule has 0 atom stereocenters. The highest BCUT2D eigenvalue weighted by molar-refractivity contribution is 7.89. The van der Waals surface area contributed by atoms with E-state index in [1.165, 1.54) is 6.26 Å². The van der Waals surface area contributed by atoms with E-state index in [1.54, 1.807) is 6.07 Å². The van der Waals surface area contributed by atoms with E-state index in [4.69, 9.17) is 0 Å². The number of aromatic hydroxyl groups is 1. The molecule has 0 radical (unpaired) electrons. The second kappa shape index (κ2) is 5.91. The van der Waals surface area contributed by atoms with Crippen LogP contribution in [0.15, 0.2) is 42.5 Å². The third kappa shape index (κ3) is 3.26. The summed E-state index contributed by atoms with van der Waals surface area (Å²) in [6.07, 6.45) is 1.23. The first-order valence-corrected chi connectivity index (χ1v) is 9.67. The van der Waals surface area contributed by atoms with Crippen LogP contribution in [-0.2, 0) is 15.6 Å². The van der Waals surface area contributed by atoms with E-state index in [0.717, 1.165) is 27.6 Å². The zero-order valence-corrected chi connectivity index (χ0v) is 14.7. The van der Waals surface area contributed by atoms with E-state index in [9.17, 15) is 13.5 Å². The van der Waals surface area contributed by atoms with Crippen molar-refractivity contribution in [3.8, 4) is 17.0 Å². The number of hydrogen-bond acceptors (Lipinski definition) is 4. The summed E-state index contributed by atoms with van der Waals surface area (Å²) < 4.78 is 23.0. The largest absolute Gasteiger partial charge is 0.507 e. The van der Waals surface area contributed by atoms with Crippen LogP contribution in [0.1, 0.15) is 16.7 Å². The van der Waals surface area contributed by atoms with Crippen LogP contribution in [-0.4, -0.2) is 24.8 Å². The first-order valence-electron chi connectivity index (χ1n) is 7.61. The summed E-state index contributed by atoms with van der Waals surface area (Å²) in [6, 6.07) is 13.0. The standard InChI is InChI=1S/C19H19NO3S/c1-12-5-4-6-15(19(12)21)18-9-13(2)16-10-14(11-24(3,22)23)7-8-17(16)20-18/h4-10,21H,11H2,1-3H3. The minimum Gasteiger partial charge on any atom is -0.507 e. The van der Waals surface area contributed by atoms with Gasteiger partial charge in [0, 0.05) is 17.2 Å². The summed E-state index contributed by atoms with van der Waals surface area (Å²) in [5, 5.41) is 11.2. The smallest absolute Gasteiger partial charge is 0.151 e.